The second-order valence-electron chi connectivity index (χ2n) is 9.46. The summed E-state index contributed by atoms with van der Waals surface area (Å²) in [4.78, 5) is 13.8. The number of nitrogens with one attached hydrogen (secondary N) is 1. The zero-order valence-corrected chi connectivity index (χ0v) is 23.4. The summed E-state index contributed by atoms with van der Waals surface area (Å²) in [5.74, 6) is -0.237. The van der Waals surface area contributed by atoms with E-state index in [0.717, 1.165) is 23.7 Å². The molecule has 8 nitrogen and oxygen atoms in total. The molecule has 0 fully saturated rings. The van der Waals surface area contributed by atoms with Gasteiger partial charge in [0.05, 0.1) is 28.5 Å². The van der Waals surface area contributed by atoms with Crippen LogP contribution in [0.2, 0.25) is 0 Å². The fourth-order valence-electron chi connectivity index (χ4n) is 5.10. The second-order valence-corrected chi connectivity index (χ2v) is 9.46. The summed E-state index contributed by atoms with van der Waals surface area (Å²) in [7, 11) is 1.74. The Hall–Kier alpha value is -5.05. The first kappa shape index (κ1) is 24.6. The van der Waals surface area contributed by atoms with E-state index in [0.29, 0.717) is 46.5 Å². The van der Waals surface area contributed by atoms with Crippen LogP contribution < -0.4 is 11.0 Å². The first-order valence-corrected chi connectivity index (χ1v) is 12.2. The van der Waals surface area contributed by atoms with E-state index in [1.165, 1.54) is 15.3 Å². The third kappa shape index (κ3) is 3.51. The molecule has 5 aromatic rings. The summed E-state index contributed by atoms with van der Waals surface area (Å²) in [5, 5.41) is 12.8. The Morgan fingerprint density at radius 3 is 2.50 bits per heavy atom. The number of rotatable bonds is 4. The summed E-state index contributed by atoms with van der Waals surface area (Å²) < 4.78 is 35.9. The molecule has 0 spiro atoms. The summed E-state index contributed by atoms with van der Waals surface area (Å²) in [5.41, 5.74) is 3.70. The average Bonchev–Trinajstić information content (AvgIpc) is 3.57. The molecule has 0 atom stereocenters. The summed E-state index contributed by atoms with van der Waals surface area (Å²) in [6.07, 6.45) is 6.11. The molecular formula is C27H26F2LrN7O-. The molecule has 1 aliphatic rings. The molecular weight excluding hydrogens is 738 g/mol. The van der Waals surface area contributed by atoms with Gasteiger partial charge in [-0.2, -0.15) is 16.6 Å². The van der Waals surface area contributed by atoms with E-state index >= 15 is 4.39 Å². The number of nitrogens with zero attached hydrogens (tertiary/aromatic N) is 6. The predicted octanol–water partition coefficient (Wildman–Crippen LogP) is 4.18. The molecule has 3 aromatic heterocycles. The first-order valence-electron chi connectivity index (χ1n) is 12.2. The third-order valence-corrected chi connectivity index (χ3v) is 7.14. The molecule has 4 heterocycles. The Bertz CT molecular complexity index is 1720. The molecule has 2 aromatic carbocycles. The van der Waals surface area contributed by atoms with Crippen molar-refractivity contribution in [2.45, 2.75) is 40.2 Å². The molecule has 1 aliphatic heterocycles. The van der Waals surface area contributed by atoms with Crippen molar-refractivity contribution in [1.82, 2.24) is 34.0 Å². The molecule has 0 saturated carbocycles. The maximum absolute atomic E-state index is 15.4. The summed E-state index contributed by atoms with van der Waals surface area (Å²) in [6.45, 7) is 6.00. The van der Waals surface area contributed by atoms with Gasteiger partial charge in [-0.3, -0.25) is 13.8 Å². The van der Waals surface area contributed by atoms with Crippen LogP contribution in [0.25, 0.3) is 28.1 Å². The van der Waals surface area contributed by atoms with Crippen LogP contribution in [0.15, 0.2) is 47.7 Å². The van der Waals surface area contributed by atoms with E-state index in [1.807, 2.05) is 0 Å². The van der Waals surface area contributed by atoms with Crippen LogP contribution in [-0.4, -0.2) is 28.7 Å². The summed E-state index contributed by atoms with van der Waals surface area (Å²) >= 11 is 0. The smallest absolute Gasteiger partial charge is 0.338 e. The average molecular weight is 765 g/mol. The van der Waals surface area contributed by atoms with Crippen molar-refractivity contribution in [3.8, 4) is 17.2 Å². The number of hydrogen-bond acceptors (Lipinski definition) is 4. The van der Waals surface area contributed by atoms with Crippen molar-refractivity contribution in [2.24, 2.45) is 7.05 Å². The Balaban J connectivity index is 0.00000294. The fourth-order valence-corrected chi connectivity index (χ4v) is 5.10. The molecule has 38 heavy (non-hydrogen) atoms. The van der Waals surface area contributed by atoms with Gasteiger partial charge in [-0.25, -0.2) is 24.3 Å². The molecule has 1 radical (unpaired) electrons. The van der Waals surface area contributed by atoms with Crippen molar-refractivity contribution < 1.29 is 8.78 Å². The van der Waals surface area contributed by atoms with Crippen LogP contribution in [-0.2, 0) is 20.0 Å². The maximum Gasteiger partial charge on any atom is 0.338 e. The van der Waals surface area contributed by atoms with Gasteiger partial charge in [0.1, 0.15) is 11.6 Å². The second kappa shape index (κ2) is 8.81. The number of benzene rings is 2. The van der Waals surface area contributed by atoms with Gasteiger partial charge < -0.3 is 5.32 Å². The van der Waals surface area contributed by atoms with Crippen molar-refractivity contribution in [2.75, 3.05) is 0 Å². The van der Waals surface area contributed by atoms with Crippen LogP contribution in [0.5, 0.6) is 0 Å². The van der Waals surface area contributed by atoms with Crippen molar-refractivity contribution in [3.05, 3.63) is 93.4 Å². The van der Waals surface area contributed by atoms with Gasteiger partial charge in [0.2, 0.25) is 0 Å². The molecule has 0 unspecified atom stereocenters. The molecule has 205 valence electrons. The molecule has 0 saturated heterocycles. The minimum Gasteiger partial charge on any atom is -0.463 e. The fraction of sp³-hybridized carbons (Fsp3) is 0.259. The van der Waals surface area contributed by atoms with Gasteiger partial charge >= 0.3 is 5.69 Å². The quantitative estimate of drug-likeness (QED) is 0.279. The molecule has 0 amide bonds. The van der Waals surface area contributed by atoms with Crippen LogP contribution in [0, 0.1) is 31.5 Å². The molecule has 1 N–H and O–H groups in total. The van der Waals surface area contributed by atoms with Gasteiger partial charge in [0.25, 0.3) is 0 Å². The molecule has 0 bridgehead atoms. The first-order chi connectivity index (χ1) is 17.8. The van der Waals surface area contributed by atoms with E-state index in [9.17, 15) is 9.18 Å². The third-order valence-electron chi connectivity index (χ3n) is 7.14. The monoisotopic (exact) mass is 764 g/mol. The van der Waals surface area contributed by atoms with Crippen molar-refractivity contribution >= 4 is 10.9 Å². The van der Waals surface area contributed by atoms with Crippen LogP contribution >= 0.6 is 0 Å². The van der Waals surface area contributed by atoms with E-state index in [2.05, 4.69) is 17.3 Å². The zero-order chi connectivity index (χ0) is 26.0. The Kier molecular flexibility index (Phi) is 5.71. The van der Waals surface area contributed by atoms with Gasteiger partial charge in [-0.15, -0.1) is 6.42 Å². The zero-order valence-electron chi connectivity index (χ0n) is 21.3. The van der Waals surface area contributed by atoms with Gasteiger partial charge in [0, 0.05) is 30.7 Å². The van der Waals surface area contributed by atoms with E-state index in [4.69, 9.17) is 5.10 Å². The Morgan fingerprint density at radius 1 is 1.08 bits per heavy atom. The topological polar surface area (TPSA) is 74.6 Å². The van der Waals surface area contributed by atoms with Crippen molar-refractivity contribution in [1.29, 1.82) is 0 Å². The van der Waals surface area contributed by atoms with Gasteiger partial charge in [-0.1, -0.05) is 6.92 Å². The normalized spacial score (nSPS) is 13.6. The van der Waals surface area contributed by atoms with E-state index in [1.54, 1.807) is 66.9 Å². The van der Waals surface area contributed by atoms with Crippen molar-refractivity contribution in [3.63, 3.8) is 0 Å². The van der Waals surface area contributed by atoms with Gasteiger partial charge in [-0.05, 0) is 55.8 Å². The Morgan fingerprint density at radius 2 is 1.79 bits per heavy atom. The minimum atomic E-state index is -0.519. The number of fused-ring (bicyclic) bond motifs is 2. The number of halogens is 2. The van der Waals surface area contributed by atoms with Gasteiger partial charge in [0.15, 0.2) is 5.82 Å². The number of aromatic nitrogens is 6. The molecule has 0 aliphatic carbocycles. The number of hydrogen-bond donors (Lipinski definition) is 1. The van der Waals surface area contributed by atoms with E-state index < -0.39 is 11.5 Å². The molecule has 11 heteroatoms. The largest absolute Gasteiger partial charge is 0.463 e. The maximum atomic E-state index is 15.4. The predicted molar refractivity (Wildman–Crippen MR) is 136 cm³/mol. The number of imidazole rings is 1. The van der Waals surface area contributed by atoms with Crippen LogP contribution in [0.3, 0.4) is 0 Å². The van der Waals surface area contributed by atoms with E-state index in [-0.39, 0.29) is 11.5 Å². The standard InChI is InChI=1S/C27H26F2N7O.Lr/c1-5-17-12-21-19(13-30-17)26(36(32-21)18-10-15(2)24(28)16(3)11-18)35-9-8-34(27(35)37)23-7-6-22-20(25(23)29)14-31-33(22)4;/h6-11,14,30H,5,12-13H2,1-4H3;/q-1;. The Labute approximate surface area is 211 Å². The SMILES string of the molecule is CC[C-]1Cc2nn(-c3cc(C)c(F)c(C)c3)c(-n3ccn(-c4ccc5c(cnn5C)c4F)c3=O)c2CN1.[Lr]. The number of aryl methyl sites for hydroxylation is 3. The minimum absolute atomic E-state index is 0. The van der Waals surface area contributed by atoms with Crippen LogP contribution in [0.4, 0.5) is 8.78 Å². The molecule has 6 rings (SSSR count). The van der Waals surface area contributed by atoms with Crippen LogP contribution in [0.1, 0.15) is 35.7 Å². The summed E-state index contributed by atoms with van der Waals surface area (Å²) in [6, 6.07) is 7.92.